The average Bonchev–Trinajstić information content (AvgIpc) is 2.03. The Labute approximate surface area is 74.2 Å². The summed E-state index contributed by atoms with van der Waals surface area (Å²) in [5, 5.41) is 12.1. The summed E-state index contributed by atoms with van der Waals surface area (Å²) in [6.45, 7) is 0. The smallest absolute Gasteiger partial charge is 0.250 e. The van der Waals surface area contributed by atoms with Gasteiger partial charge in [-0.25, -0.2) is 0 Å². The highest BCUT2D eigenvalue weighted by Crippen LogP contribution is 2.13. The SMILES string of the molecule is NC(=O)c1ccccc1NC(=O)[O-]. The largest absolute Gasteiger partial charge is 0.530 e. The Hall–Kier alpha value is -2.04. The lowest BCUT2D eigenvalue weighted by molar-refractivity contribution is -0.242. The van der Waals surface area contributed by atoms with Gasteiger partial charge in [0.1, 0.15) is 6.09 Å². The van der Waals surface area contributed by atoms with Crippen molar-refractivity contribution in [3.8, 4) is 0 Å². The standard InChI is InChI=1S/C8H8N2O3/c9-7(11)5-3-1-2-4-6(5)10-8(12)13/h1-4,10H,(H2,9,11)(H,12,13)/p-1. The van der Waals surface area contributed by atoms with Gasteiger partial charge in [0.25, 0.3) is 5.91 Å². The molecule has 2 amide bonds. The fraction of sp³-hybridized carbons (Fsp3) is 0. The van der Waals surface area contributed by atoms with E-state index in [0.717, 1.165) is 0 Å². The number of benzene rings is 1. The van der Waals surface area contributed by atoms with E-state index in [0.29, 0.717) is 0 Å². The van der Waals surface area contributed by atoms with Gasteiger partial charge in [0.2, 0.25) is 0 Å². The number of primary amides is 1. The molecule has 0 aliphatic heterocycles. The van der Waals surface area contributed by atoms with Gasteiger partial charge in [0.15, 0.2) is 0 Å². The normalized spacial score (nSPS) is 9.23. The Bertz CT molecular complexity index is 349. The minimum Gasteiger partial charge on any atom is -0.530 e. The van der Waals surface area contributed by atoms with E-state index in [1.165, 1.54) is 12.1 Å². The summed E-state index contributed by atoms with van der Waals surface area (Å²) in [6, 6.07) is 6.02. The first-order valence-corrected chi connectivity index (χ1v) is 3.48. The number of carboxylic acid groups (broad SMARTS) is 1. The van der Waals surface area contributed by atoms with Crippen LogP contribution in [0.5, 0.6) is 0 Å². The fourth-order valence-electron chi connectivity index (χ4n) is 0.917. The molecule has 0 radical (unpaired) electrons. The number of carbonyl (C=O) groups excluding carboxylic acids is 2. The van der Waals surface area contributed by atoms with Crippen molar-refractivity contribution >= 4 is 17.7 Å². The molecule has 1 aromatic rings. The Morgan fingerprint density at radius 2 is 1.92 bits per heavy atom. The quantitative estimate of drug-likeness (QED) is 0.643. The Morgan fingerprint density at radius 1 is 1.31 bits per heavy atom. The van der Waals surface area contributed by atoms with Crippen LogP contribution in [-0.4, -0.2) is 12.0 Å². The maximum atomic E-state index is 10.8. The molecule has 0 aliphatic carbocycles. The van der Waals surface area contributed by atoms with Crippen molar-refractivity contribution in [2.24, 2.45) is 5.73 Å². The first-order chi connectivity index (χ1) is 6.11. The van der Waals surface area contributed by atoms with Gasteiger partial charge in [-0.3, -0.25) is 4.79 Å². The minimum absolute atomic E-state index is 0.117. The minimum atomic E-state index is -1.48. The van der Waals surface area contributed by atoms with Gasteiger partial charge in [-0.2, -0.15) is 0 Å². The van der Waals surface area contributed by atoms with Gasteiger partial charge in [0, 0.05) is 0 Å². The zero-order valence-electron chi connectivity index (χ0n) is 6.61. The summed E-state index contributed by atoms with van der Waals surface area (Å²) in [6.07, 6.45) is -1.48. The lowest BCUT2D eigenvalue weighted by atomic mass is 10.2. The number of nitrogens with two attached hydrogens (primary N) is 1. The summed E-state index contributed by atoms with van der Waals surface area (Å²) in [5.41, 5.74) is 5.25. The molecular weight excluding hydrogens is 172 g/mol. The van der Waals surface area contributed by atoms with E-state index in [9.17, 15) is 14.7 Å². The van der Waals surface area contributed by atoms with Crippen LogP contribution >= 0.6 is 0 Å². The third-order valence-electron chi connectivity index (χ3n) is 1.43. The van der Waals surface area contributed by atoms with Crippen LogP contribution in [0.4, 0.5) is 10.5 Å². The molecule has 0 bridgehead atoms. The molecule has 0 unspecified atom stereocenters. The summed E-state index contributed by atoms with van der Waals surface area (Å²) in [7, 11) is 0. The van der Waals surface area contributed by atoms with Gasteiger partial charge in [0.05, 0.1) is 11.3 Å². The van der Waals surface area contributed by atoms with Crippen LogP contribution in [0.3, 0.4) is 0 Å². The molecule has 1 rings (SSSR count). The molecule has 0 heterocycles. The molecule has 0 saturated heterocycles. The van der Waals surface area contributed by atoms with E-state index in [-0.39, 0.29) is 11.3 Å². The Kier molecular flexibility index (Phi) is 2.49. The van der Waals surface area contributed by atoms with Crippen LogP contribution in [0, 0.1) is 0 Å². The summed E-state index contributed by atoms with van der Waals surface area (Å²) in [5.74, 6) is -0.690. The van der Waals surface area contributed by atoms with Crippen molar-refractivity contribution in [3.05, 3.63) is 29.8 Å². The van der Waals surface area contributed by atoms with Gasteiger partial charge in [-0.15, -0.1) is 0 Å². The highest BCUT2D eigenvalue weighted by molar-refractivity contribution is 6.01. The van der Waals surface area contributed by atoms with Crippen molar-refractivity contribution in [2.45, 2.75) is 0 Å². The zero-order chi connectivity index (χ0) is 9.84. The number of carbonyl (C=O) groups is 2. The predicted molar refractivity (Wildman–Crippen MR) is 44.0 cm³/mol. The van der Waals surface area contributed by atoms with Gasteiger partial charge < -0.3 is 21.0 Å². The number of amides is 2. The zero-order valence-corrected chi connectivity index (χ0v) is 6.61. The van der Waals surface area contributed by atoms with Crippen molar-refractivity contribution in [1.82, 2.24) is 0 Å². The predicted octanol–water partition coefficient (Wildman–Crippen LogP) is -0.459. The second-order valence-corrected chi connectivity index (χ2v) is 2.32. The first-order valence-electron chi connectivity index (χ1n) is 3.48. The second-order valence-electron chi connectivity index (χ2n) is 2.32. The molecular formula is C8H7N2O3-. The molecule has 0 aromatic heterocycles. The molecule has 5 heteroatoms. The topological polar surface area (TPSA) is 95.2 Å². The van der Waals surface area contributed by atoms with E-state index in [1.807, 2.05) is 5.32 Å². The number of para-hydroxylation sites is 1. The monoisotopic (exact) mass is 179 g/mol. The molecule has 0 saturated carbocycles. The maximum absolute atomic E-state index is 10.8. The number of hydrogen-bond acceptors (Lipinski definition) is 3. The average molecular weight is 179 g/mol. The lowest BCUT2D eigenvalue weighted by Gasteiger charge is -2.09. The van der Waals surface area contributed by atoms with Crippen molar-refractivity contribution in [1.29, 1.82) is 0 Å². The van der Waals surface area contributed by atoms with E-state index < -0.39 is 12.0 Å². The van der Waals surface area contributed by atoms with Crippen molar-refractivity contribution in [2.75, 3.05) is 5.32 Å². The van der Waals surface area contributed by atoms with Crippen molar-refractivity contribution < 1.29 is 14.7 Å². The third-order valence-corrected chi connectivity index (χ3v) is 1.43. The highest BCUT2D eigenvalue weighted by Gasteiger charge is 2.05. The van der Waals surface area contributed by atoms with E-state index >= 15 is 0 Å². The van der Waals surface area contributed by atoms with E-state index in [1.54, 1.807) is 12.1 Å². The van der Waals surface area contributed by atoms with Crippen LogP contribution in [0.2, 0.25) is 0 Å². The number of rotatable bonds is 2. The lowest BCUT2D eigenvalue weighted by Crippen LogP contribution is -2.30. The molecule has 0 atom stereocenters. The van der Waals surface area contributed by atoms with Crippen LogP contribution in [0.1, 0.15) is 10.4 Å². The third kappa shape index (κ3) is 2.19. The second kappa shape index (κ2) is 3.57. The summed E-state index contributed by atoms with van der Waals surface area (Å²) < 4.78 is 0. The van der Waals surface area contributed by atoms with E-state index in [4.69, 9.17) is 5.73 Å². The van der Waals surface area contributed by atoms with Gasteiger partial charge >= 0.3 is 0 Å². The summed E-state index contributed by atoms with van der Waals surface area (Å²) >= 11 is 0. The van der Waals surface area contributed by atoms with E-state index in [2.05, 4.69) is 0 Å². The summed E-state index contributed by atoms with van der Waals surface area (Å²) in [4.78, 5) is 20.9. The molecule has 1 aromatic carbocycles. The molecule has 0 spiro atoms. The Morgan fingerprint density at radius 3 is 2.46 bits per heavy atom. The molecule has 0 fully saturated rings. The van der Waals surface area contributed by atoms with Crippen molar-refractivity contribution in [3.63, 3.8) is 0 Å². The van der Waals surface area contributed by atoms with Crippen LogP contribution < -0.4 is 16.2 Å². The first kappa shape index (κ1) is 9.05. The fourth-order valence-corrected chi connectivity index (χ4v) is 0.917. The molecule has 0 aliphatic rings. The van der Waals surface area contributed by atoms with Crippen LogP contribution in [0.15, 0.2) is 24.3 Å². The van der Waals surface area contributed by atoms with Gasteiger partial charge in [-0.05, 0) is 12.1 Å². The Balaban J connectivity index is 3.04. The van der Waals surface area contributed by atoms with Gasteiger partial charge in [-0.1, -0.05) is 12.1 Å². The highest BCUT2D eigenvalue weighted by atomic mass is 16.4. The number of anilines is 1. The number of nitrogens with one attached hydrogen (secondary N) is 1. The number of hydrogen-bond donors (Lipinski definition) is 2. The van der Waals surface area contributed by atoms with Crippen LogP contribution in [-0.2, 0) is 0 Å². The van der Waals surface area contributed by atoms with Crippen LogP contribution in [0.25, 0.3) is 0 Å². The molecule has 3 N–H and O–H groups in total. The molecule has 68 valence electrons. The molecule has 5 nitrogen and oxygen atoms in total. The molecule has 13 heavy (non-hydrogen) atoms. The maximum Gasteiger partial charge on any atom is 0.250 e.